The van der Waals surface area contributed by atoms with E-state index < -0.39 is 0 Å². The summed E-state index contributed by atoms with van der Waals surface area (Å²) in [5, 5.41) is 6.70. The van der Waals surface area contributed by atoms with E-state index in [0.717, 1.165) is 39.1 Å². The topological polar surface area (TPSA) is 66.5 Å². The van der Waals surface area contributed by atoms with Gasteiger partial charge in [-0.1, -0.05) is 33.1 Å². The van der Waals surface area contributed by atoms with Crippen LogP contribution in [0.3, 0.4) is 0 Å². The number of hydrogen-bond donors (Lipinski definition) is 2. The first-order valence-corrected chi connectivity index (χ1v) is 10.8. The second kappa shape index (κ2) is 13.7. The van der Waals surface area contributed by atoms with Crippen molar-refractivity contribution in [2.75, 3.05) is 26.2 Å². The van der Waals surface area contributed by atoms with E-state index >= 15 is 0 Å². The number of aliphatic imine (C=N–C) groups is 1. The van der Waals surface area contributed by atoms with Gasteiger partial charge in [0.05, 0.1) is 10.7 Å². The summed E-state index contributed by atoms with van der Waals surface area (Å²) in [5.41, 5.74) is 7.20. The molecule has 150 valence electrons. The fraction of sp³-hybridized carbons (Fsp3) is 0.789. The highest BCUT2D eigenvalue weighted by molar-refractivity contribution is 14.0. The van der Waals surface area contributed by atoms with Crippen molar-refractivity contribution in [1.29, 1.82) is 0 Å². The Morgan fingerprint density at radius 2 is 2.08 bits per heavy atom. The van der Waals surface area contributed by atoms with Crippen molar-refractivity contribution < 1.29 is 0 Å². The summed E-state index contributed by atoms with van der Waals surface area (Å²) >= 11 is 1.78. The molecule has 0 aliphatic carbocycles. The van der Waals surface area contributed by atoms with Crippen LogP contribution in [0.25, 0.3) is 0 Å². The summed E-state index contributed by atoms with van der Waals surface area (Å²) < 4.78 is 0. The molecule has 1 aliphatic rings. The molecule has 3 N–H and O–H groups in total. The summed E-state index contributed by atoms with van der Waals surface area (Å²) in [6.45, 7) is 9.48. The van der Waals surface area contributed by atoms with Crippen LogP contribution >= 0.6 is 35.3 Å². The number of halogens is 1. The molecule has 1 fully saturated rings. The summed E-state index contributed by atoms with van der Waals surface area (Å²) in [4.78, 5) is 11.7. The summed E-state index contributed by atoms with van der Waals surface area (Å²) in [5.74, 6) is 1.28. The van der Waals surface area contributed by atoms with Crippen molar-refractivity contribution >= 4 is 41.3 Å². The maximum atomic E-state index is 5.97. The van der Waals surface area contributed by atoms with Gasteiger partial charge in [0.1, 0.15) is 0 Å². The van der Waals surface area contributed by atoms with Crippen molar-refractivity contribution in [3.05, 3.63) is 16.1 Å². The van der Waals surface area contributed by atoms with Gasteiger partial charge in [-0.15, -0.1) is 35.3 Å². The minimum Gasteiger partial charge on any atom is -0.370 e. The Bertz CT molecular complexity index is 512. The fourth-order valence-electron chi connectivity index (χ4n) is 3.19. The molecule has 26 heavy (non-hydrogen) atoms. The summed E-state index contributed by atoms with van der Waals surface area (Å²) in [6.07, 6.45) is 8.48. The molecule has 1 aliphatic heterocycles. The second-order valence-corrected chi connectivity index (χ2v) is 7.96. The van der Waals surface area contributed by atoms with Gasteiger partial charge in [-0.3, -0.25) is 9.89 Å². The first kappa shape index (κ1) is 23.6. The maximum absolute atomic E-state index is 5.97. The maximum Gasteiger partial charge on any atom is 0.188 e. The summed E-state index contributed by atoms with van der Waals surface area (Å²) in [7, 11) is 0. The number of aromatic nitrogens is 1. The standard InChI is InChI=1S/C19H35N5S.HI/c1-3-5-6-7-10-21-19(20)22-13-16-8-11-24(12-9-16)14-17-15-25-18(4-2)23-17;/h15-16H,3-14H2,1-2H3,(H3,20,21,22);1H. The predicted molar refractivity (Wildman–Crippen MR) is 124 cm³/mol. The first-order valence-electron chi connectivity index (χ1n) is 9.90. The van der Waals surface area contributed by atoms with E-state index in [-0.39, 0.29) is 24.0 Å². The van der Waals surface area contributed by atoms with Gasteiger partial charge in [0.2, 0.25) is 0 Å². The van der Waals surface area contributed by atoms with Gasteiger partial charge in [-0.2, -0.15) is 0 Å². The van der Waals surface area contributed by atoms with Crippen LogP contribution in [-0.2, 0) is 13.0 Å². The van der Waals surface area contributed by atoms with E-state index in [0.29, 0.717) is 11.9 Å². The molecule has 0 radical (unpaired) electrons. The zero-order valence-electron chi connectivity index (χ0n) is 16.4. The van der Waals surface area contributed by atoms with E-state index in [9.17, 15) is 0 Å². The van der Waals surface area contributed by atoms with Crippen molar-refractivity contribution in [1.82, 2.24) is 15.2 Å². The molecule has 2 heterocycles. The van der Waals surface area contributed by atoms with Crippen LogP contribution in [0.2, 0.25) is 0 Å². The largest absolute Gasteiger partial charge is 0.370 e. The van der Waals surface area contributed by atoms with E-state index in [4.69, 9.17) is 5.73 Å². The normalized spacial score (nSPS) is 16.5. The van der Waals surface area contributed by atoms with Gasteiger partial charge in [-0.25, -0.2) is 4.98 Å². The minimum absolute atomic E-state index is 0. The number of piperidine rings is 1. The Kier molecular flexibility index (Phi) is 12.5. The van der Waals surface area contributed by atoms with Gasteiger partial charge < -0.3 is 11.1 Å². The lowest BCUT2D eigenvalue weighted by atomic mass is 9.97. The number of likely N-dealkylation sites (tertiary alicyclic amines) is 1. The quantitative estimate of drug-likeness (QED) is 0.224. The molecular weight excluding hydrogens is 457 g/mol. The Labute approximate surface area is 180 Å². The number of thiazole rings is 1. The van der Waals surface area contributed by atoms with E-state index in [1.807, 2.05) is 0 Å². The fourth-order valence-corrected chi connectivity index (χ4v) is 3.93. The highest BCUT2D eigenvalue weighted by atomic mass is 127. The number of rotatable bonds is 10. The summed E-state index contributed by atoms with van der Waals surface area (Å²) in [6, 6.07) is 0. The van der Waals surface area contributed by atoms with Crippen LogP contribution in [0.4, 0.5) is 0 Å². The lowest BCUT2D eigenvalue weighted by Gasteiger charge is -2.30. The lowest BCUT2D eigenvalue weighted by Crippen LogP contribution is -2.36. The van der Waals surface area contributed by atoms with E-state index in [1.165, 1.54) is 49.2 Å². The van der Waals surface area contributed by atoms with Crippen LogP contribution in [0.5, 0.6) is 0 Å². The Morgan fingerprint density at radius 1 is 1.31 bits per heavy atom. The molecule has 1 aromatic rings. The zero-order valence-corrected chi connectivity index (χ0v) is 19.5. The van der Waals surface area contributed by atoms with Gasteiger partial charge in [0.15, 0.2) is 5.96 Å². The molecule has 0 amide bonds. The molecule has 0 saturated carbocycles. The number of hydrogen-bond acceptors (Lipinski definition) is 4. The Morgan fingerprint density at radius 3 is 2.73 bits per heavy atom. The molecule has 0 atom stereocenters. The first-order chi connectivity index (χ1) is 12.2. The minimum atomic E-state index is 0. The molecule has 2 rings (SSSR count). The number of nitrogens with zero attached hydrogens (tertiary/aromatic N) is 3. The molecular formula is C19H36IN5S. The molecule has 0 bridgehead atoms. The highest BCUT2D eigenvalue weighted by Crippen LogP contribution is 2.20. The molecule has 0 aromatic carbocycles. The van der Waals surface area contributed by atoms with Crippen LogP contribution < -0.4 is 11.1 Å². The average molecular weight is 494 g/mol. The number of guanidine groups is 1. The number of nitrogens with one attached hydrogen (secondary N) is 1. The molecule has 7 heteroatoms. The third kappa shape index (κ3) is 8.99. The van der Waals surface area contributed by atoms with E-state index in [1.54, 1.807) is 11.3 Å². The molecule has 5 nitrogen and oxygen atoms in total. The van der Waals surface area contributed by atoms with Gasteiger partial charge >= 0.3 is 0 Å². The van der Waals surface area contributed by atoms with Crippen molar-refractivity contribution in [3.63, 3.8) is 0 Å². The van der Waals surface area contributed by atoms with Crippen LogP contribution in [0, 0.1) is 5.92 Å². The van der Waals surface area contributed by atoms with Gasteiger partial charge in [0, 0.05) is 25.0 Å². The molecule has 1 saturated heterocycles. The van der Waals surface area contributed by atoms with Crippen LogP contribution in [0.15, 0.2) is 10.4 Å². The third-order valence-corrected chi connectivity index (χ3v) is 5.89. The SMILES string of the molecule is CCCCCCNC(N)=NCC1CCN(Cc2csc(CC)n2)CC1.I. The highest BCUT2D eigenvalue weighted by Gasteiger charge is 2.19. The van der Waals surface area contributed by atoms with Crippen molar-refractivity contribution in [2.24, 2.45) is 16.6 Å². The number of unbranched alkanes of at least 4 members (excludes halogenated alkanes) is 3. The van der Waals surface area contributed by atoms with Crippen LogP contribution in [-0.4, -0.2) is 42.0 Å². The second-order valence-electron chi connectivity index (χ2n) is 7.02. The monoisotopic (exact) mass is 493 g/mol. The van der Waals surface area contributed by atoms with E-state index in [2.05, 4.69) is 39.4 Å². The predicted octanol–water partition coefficient (Wildman–Crippen LogP) is 4.02. The van der Waals surface area contributed by atoms with Gasteiger partial charge in [-0.05, 0) is 44.7 Å². The Hall–Kier alpha value is -0.410. The lowest BCUT2D eigenvalue weighted by molar-refractivity contribution is 0.179. The van der Waals surface area contributed by atoms with Gasteiger partial charge in [0.25, 0.3) is 0 Å². The molecule has 0 unspecified atom stereocenters. The molecule has 0 spiro atoms. The van der Waals surface area contributed by atoms with Crippen molar-refractivity contribution in [2.45, 2.75) is 65.3 Å². The zero-order chi connectivity index (χ0) is 17.9. The number of aryl methyl sites for hydroxylation is 1. The average Bonchev–Trinajstić information content (AvgIpc) is 3.08. The van der Waals surface area contributed by atoms with Crippen LogP contribution in [0.1, 0.15) is 63.1 Å². The Balaban J connectivity index is 0.00000338. The molecule has 1 aromatic heterocycles. The smallest absolute Gasteiger partial charge is 0.188 e. The van der Waals surface area contributed by atoms with Crippen molar-refractivity contribution in [3.8, 4) is 0 Å². The third-order valence-electron chi connectivity index (χ3n) is 4.85. The number of nitrogens with two attached hydrogens (primary N) is 1.